The molecule has 0 heterocycles. The number of ether oxygens (including phenoxy) is 2. The lowest BCUT2D eigenvalue weighted by Crippen LogP contribution is -2.59. The van der Waals surface area contributed by atoms with E-state index in [0.29, 0.717) is 35.5 Å². The number of halogens is 1. The highest BCUT2D eigenvalue weighted by atomic mass is 79.9. The van der Waals surface area contributed by atoms with Crippen molar-refractivity contribution >= 4 is 33.7 Å². The van der Waals surface area contributed by atoms with Crippen LogP contribution in [-0.4, -0.2) is 34.8 Å². The summed E-state index contributed by atoms with van der Waals surface area (Å²) in [5.74, 6) is 2.72. The van der Waals surface area contributed by atoms with E-state index in [1.165, 1.54) is 26.2 Å². The van der Waals surface area contributed by atoms with E-state index < -0.39 is 0 Å². The molecule has 40 heavy (non-hydrogen) atoms. The highest BCUT2D eigenvalue weighted by Gasteiger charge is 2.65. The van der Waals surface area contributed by atoms with Crippen molar-refractivity contribution in [2.24, 2.45) is 46.3 Å². The van der Waals surface area contributed by atoms with Crippen molar-refractivity contribution in [3.63, 3.8) is 0 Å². The molecule has 1 aromatic carbocycles. The van der Waals surface area contributed by atoms with Crippen LogP contribution in [-0.2, 0) is 19.1 Å². The van der Waals surface area contributed by atoms with Crippen molar-refractivity contribution in [2.75, 3.05) is 0 Å². The van der Waals surface area contributed by atoms with Gasteiger partial charge in [-0.2, -0.15) is 0 Å². The van der Waals surface area contributed by atoms with Gasteiger partial charge in [-0.25, -0.2) is 0 Å². The fourth-order valence-corrected chi connectivity index (χ4v) is 11.1. The van der Waals surface area contributed by atoms with Crippen LogP contribution in [0, 0.1) is 46.3 Å². The van der Waals surface area contributed by atoms with E-state index in [1.807, 2.05) is 30.3 Å². The summed E-state index contributed by atoms with van der Waals surface area (Å²) in [6.45, 7) is 10.3. The summed E-state index contributed by atoms with van der Waals surface area (Å²) in [7, 11) is 0. The Bertz CT molecular complexity index is 1100. The Hall–Kier alpha value is -1.69. The Morgan fingerprint density at radius 1 is 0.925 bits per heavy atom. The fourth-order valence-electron chi connectivity index (χ4n) is 10.2. The third-order valence-electron chi connectivity index (χ3n) is 12.0. The molecule has 6 heteroatoms. The normalized spacial score (nSPS) is 40.1. The maximum Gasteiger partial charge on any atom is 0.302 e. The highest BCUT2D eigenvalue weighted by Crippen LogP contribution is 2.69. The Balaban J connectivity index is 1.37. The largest absolute Gasteiger partial charge is 0.463 e. The van der Waals surface area contributed by atoms with Gasteiger partial charge in [-0.3, -0.25) is 14.4 Å². The number of benzene rings is 1. The van der Waals surface area contributed by atoms with Crippen LogP contribution < -0.4 is 0 Å². The molecule has 0 spiro atoms. The number of carbonyl (C=O) groups excluding carboxylic acids is 3. The summed E-state index contributed by atoms with van der Waals surface area (Å²) >= 11 is 3.74. The molecule has 4 aliphatic rings. The van der Waals surface area contributed by atoms with Crippen LogP contribution in [0.1, 0.15) is 103 Å². The van der Waals surface area contributed by atoms with Gasteiger partial charge in [0.25, 0.3) is 0 Å². The number of alkyl halides is 1. The van der Waals surface area contributed by atoms with Crippen LogP contribution in [0.25, 0.3) is 0 Å². The molecule has 5 nitrogen and oxygen atoms in total. The number of carbonyl (C=O) groups is 3. The second-order valence-electron chi connectivity index (χ2n) is 14.0. The Morgan fingerprint density at radius 3 is 2.30 bits per heavy atom. The summed E-state index contributed by atoms with van der Waals surface area (Å²) in [4.78, 5) is 37.1. The molecule has 0 amide bonds. The Morgan fingerprint density at radius 2 is 1.62 bits per heavy atom. The number of hydrogen-bond acceptors (Lipinski definition) is 5. The van der Waals surface area contributed by atoms with Gasteiger partial charge < -0.3 is 9.47 Å². The monoisotopic (exact) mass is 614 g/mol. The second kappa shape index (κ2) is 11.5. The predicted octanol–water partition coefficient (Wildman–Crippen LogP) is 7.79. The first-order chi connectivity index (χ1) is 18.9. The number of fused-ring (bicyclic) bond motifs is 5. The van der Waals surface area contributed by atoms with Crippen molar-refractivity contribution < 1.29 is 23.9 Å². The first-order valence-corrected chi connectivity index (χ1v) is 16.4. The first kappa shape index (κ1) is 29.8. The minimum atomic E-state index is -0.224. The molecule has 4 aliphatic carbocycles. The number of hydrogen-bond donors (Lipinski definition) is 0. The predicted molar refractivity (Wildman–Crippen MR) is 159 cm³/mol. The molecule has 0 aliphatic heterocycles. The van der Waals surface area contributed by atoms with Crippen molar-refractivity contribution in [2.45, 2.75) is 109 Å². The molecule has 0 bridgehead atoms. The Labute approximate surface area is 248 Å². The van der Waals surface area contributed by atoms with Crippen LogP contribution in [0.15, 0.2) is 30.3 Å². The fraction of sp³-hybridized carbons (Fsp3) is 0.735. The summed E-state index contributed by atoms with van der Waals surface area (Å²) in [5, 5.41) is 0. The minimum absolute atomic E-state index is 0.0396. The van der Waals surface area contributed by atoms with E-state index >= 15 is 0 Å². The lowest BCUT2D eigenvalue weighted by atomic mass is 9.43. The summed E-state index contributed by atoms with van der Waals surface area (Å²) in [6.07, 6.45) is 9.28. The smallest absolute Gasteiger partial charge is 0.302 e. The molecule has 220 valence electrons. The van der Waals surface area contributed by atoms with Crippen LogP contribution in [0.5, 0.6) is 0 Å². The van der Waals surface area contributed by atoms with E-state index in [4.69, 9.17) is 9.47 Å². The van der Waals surface area contributed by atoms with E-state index in [2.05, 4.69) is 36.7 Å². The van der Waals surface area contributed by atoms with Gasteiger partial charge in [0.05, 0.1) is 4.83 Å². The highest BCUT2D eigenvalue weighted by molar-refractivity contribution is 9.10. The third-order valence-corrected chi connectivity index (χ3v) is 12.8. The molecule has 4 fully saturated rings. The van der Waals surface area contributed by atoms with Gasteiger partial charge >= 0.3 is 11.9 Å². The number of ketones is 1. The summed E-state index contributed by atoms with van der Waals surface area (Å²) < 4.78 is 11.9. The molecule has 0 N–H and O–H groups in total. The van der Waals surface area contributed by atoms with E-state index in [0.717, 1.165) is 44.1 Å². The molecule has 4 saturated carbocycles. The van der Waals surface area contributed by atoms with Gasteiger partial charge in [-0.1, -0.05) is 67.0 Å². The first-order valence-electron chi connectivity index (χ1n) is 15.5. The zero-order chi connectivity index (χ0) is 28.8. The SMILES string of the molecule is CC(=O)O[C@H]1CC[C@@]2(C)[C@@H](CC[C@@H]3[C@@H]2C[C@@H](OC(C)=O)[C@]2(C)[C@@H]([C@H](C)C[C@H](Br)C(=O)c4ccccc4)CC[C@@H]32)C1. The van der Waals surface area contributed by atoms with Gasteiger partial charge in [0.2, 0.25) is 0 Å². The number of rotatable bonds is 7. The second-order valence-corrected chi connectivity index (χ2v) is 15.1. The lowest BCUT2D eigenvalue weighted by molar-refractivity contribution is -0.197. The van der Waals surface area contributed by atoms with Gasteiger partial charge in [0, 0.05) is 24.8 Å². The van der Waals surface area contributed by atoms with Crippen molar-refractivity contribution in [1.29, 1.82) is 0 Å². The standard InChI is InChI=1S/C34H47BrO5/c1-20(17-30(35)32(38)23-9-7-6-8-10-23)27-13-14-28-26-12-11-24-18-25(39-21(2)36)15-16-33(24,4)29(26)19-31(34(27,28)5)40-22(3)37/h6-10,20,24-31H,11-19H2,1-5H3/t20-,24+,25+,26+,27-,28+,29+,30+,31-,33+,34-/m1/s1. The van der Waals surface area contributed by atoms with Crippen LogP contribution >= 0.6 is 15.9 Å². The molecule has 1 aromatic rings. The number of Topliss-reactive ketones (excluding diaryl/α,β-unsaturated/α-hetero) is 1. The zero-order valence-corrected chi connectivity index (χ0v) is 26.5. The van der Waals surface area contributed by atoms with Crippen molar-refractivity contribution in [3.8, 4) is 0 Å². The molecular formula is C34H47BrO5. The summed E-state index contributed by atoms with van der Waals surface area (Å²) in [6, 6.07) is 9.55. The van der Waals surface area contributed by atoms with E-state index in [-0.39, 0.29) is 45.6 Å². The van der Waals surface area contributed by atoms with Gasteiger partial charge in [0.1, 0.15) is 12.2 Å². The van der Waals surface area contributed by atoms with Crippen LogP contribution in [0.2, 0.25) is 0 Å². The van der Waals surface area contributed by atoms with Crippen LogP contribution in [0.4, 0.5) is 0 Å². The van der Waals surface area contributed by atoms with Crippen LogP contribution in [0.3, 0.4) is 0 Å². The number of esters is 2. The van der Waals surface area contributed by atoms with Crippen molar-refractivity contribution in [3.05, 3.63) is 35.9 Å². The third kappa shape index (κ3) is 5.31. The molecule has 5 rings (SSSR count). The average Bonchev–Trinajstić information content (AvgIpc) is 3.27. The molecule has 0 saturated heterocycles. The summed E-state index contributed by atoms with van der Waals surface area (Å²) in [5.41, 5.74) is 0.845. The van der Waals surface area contributed by atoms with E-state index in [9.17, 15) is 14.4 Å². The van der Waals surface area contributed by atoms with Gasteiger partial charge in [0.15, 0.2) is 5.78 Å². The Kier molecular flexibility index (Phi) is 8.59. The molecule has 0 aromatic heterocycles. The topological polar surface area (TPSA) is 69.7 Å². The average molecular weight is 616 g/mol. The zero-order valence-electron chi connectivity index (χ0n) is 24.9. The van der Waals surface area contributed by atoms with Crippen molar-refractivity contribution in [1.82, 2.24) is 0 Å². The molecule has 11 atom stereocenters. The van der Waals surface area contributed by atoms with E-state index in [1.54, 1.807) is 6.92 Å². The maximum absolute atomic E-state index is 13.2. The van der Waals surface area contributed by atoms with Gasteiger partial charge in [-0.05, 0) is 98.7 Å². The quantitative estimate of drug-likeness (QED) is 0.178. The molecule has 0 radical (unpaired) electrons. The molecular weight excluding hydrogens is 568 g/mol. The maximum atomic E-state index is 13.2. The lowest BCUT2D eigenvalue weighted by Gasteiger charge is -2.62. The minimum Gasteiger partial charge on any atom is -0.463 e. The molecule has 0 unspecified atom stereocenters. The van der Waals surface area contributed by atoms with Gasteiger partial charge in [-0.15, -0.1) is 0 Å².